The van der Waals surface area contributed by atoms with Crippen LogP contribution in [0.15, 0.2) is 34.2 Å². The van der Waals surface area contributed by atoms with E-state index in [2.05, 4.69) is 4.98 Å². The Kier molecular flexibility index (Phi) is 6.78. The largest absolute Gasteiger partial charge is 0.465 e. The maximum atomic E-state index is 13.3. The maximum Gasteiger partial charge on any atom is 0.337 e. The van der Waals surface area contributed by atoms with Gasteiger partial charge in [0.15, 0.2) is 10.9 Å². The molecule has 3 heterocycles. The fourth-order valence-electron chi connectivity index (χ4n) is 3.82. The molecule has 168 valence electrons. The second-order valence-corrected chi connectivity index (χ2v) is 10.1. The van der Waals surface area contributed by atoms with E-state index in [-0.39, 0.29) is 23.2 Å². The molecule has 1 fully saturated rings. The Morgan fingerprint density at radius 2 is 2.12 bits per heavy atom. The number of fused-ring (bicyclic) bond motifs is 1. The van der Waals surface area contributed by atoms with Crippen LogP contribution in [0.3, 0.4) is 0 Å². The molecular formula is C23H24N2O5S2. The molecule has 4 rings (SSSR count). The Morgan fingerprint density at radius 1 is 1.31 bits per heavy atom. The molecule has 0 bridgehead atoms. The van der Waals surface area contributed by atoms with Crippen LogP contribution in [-0.4, -0.2) is 46.9 Å². The predicted molar refractivity (Wildman–Crippen MR) is 125 cm³/mol. The number of nitrogens with zero attached hydrogens (tertiary/aromatic N) is 2. The Hall–Kier alpha value is -2.49. The molecule has 0 aliphatic carbocycles. The summed E-state index contributed by atoms with van der Waals surface area (Å²) in [5.74, 6) is -0.333. The van der Waals surface area contributed by atoms with E-state index in [4.69, 9.17) is 9.47 Å². The van der Waals surface area contributed by atoms with Crippen LogP contribution in [-0.2, 0) is 16.0 Å². The van der Waals surface area contributed by atoms with E-state index in [1.54, 1.807) is 34.1 Å². The smallest absolute Gasteiger partial charge is 0.337 e. The molecule has 1 saturated heterocycles. The van der Waals surface area contributed by atoms with E-state index < -0.39 is 5.97 Å². The van der Waals surface area contributed by atoms with Gasteiger partial charge in [0.2, 0.25) is 0 Å². The number of ether oxygens (including phenoxy) is 2. The van der Waals surface area contributed by atoms with Crippen LogP contribution >= 0.6 is 23.1 Å². The van der Waals surface area contributed by atoms with Crippen LogP contribution in [0.1, 0.15) is 43.3 Å². The number of carbonyl (C=O) groups excluding carboxylic acids is 2. The van der Waals surface area contributed by atoms with Crippen LogP contribution in [0.5, 0.6) is 0 Å². The van der Waals surface area contributed by atoms with Gasteiger partial charge in [-0.05, 0) is 51.0 Å². The number of thiophene rings is 1. The molecule has 3 aromatic rings. The Bertz CT molecular complexity index is 1240. The number of carbonyl (C=O) groups is 2. The number of ketones is 1. The lowest BCUT2D eigenvalue weighted by molar-refractivity contribution is 0.0600. The fourth-order valence-corrected chi connectivity index (χ4v) is 5.66. The zero-order valence-corrected chi connectivity index (χ0v) is 19.8. The summed E-state index contributed by atoms with van der Waals surface area (Å²) in [6.45, 7) is 4.98. The molecule has 0 N–H and O–H groups in total. The van der Waals surface area contributed by atoms with Gasteiger partial charge in [0.05, 0.1) is 42.0 Å². The summed E-state index contributed by atoms with van der Waals surface area (Å²) >= 11 is 2.83. The normalized spacial score (nSPS) is 15.9. The molecule has 0 saturated carbocycles. The van der Waals surface area contributed by atoms with Gasteiger partial charge in [-0.2, -0.15) is 0 Å². The first kappa shape index (κ1) is 22.7. The summed E-state index contributed by atoms with van der Waals surface area (Å²) in [7, 11) is 1.31. The number of esters is 1. The third kappa shape index (κ3) is 4.65. The number of thioether (sulfide) groups is 1. The molecule has 7 nitrogen and oxygen atoms in total. The molecule has 0 amide bonds. The number of Topliss-reactive ketones (excluding diaryl/α,β-unsaturated/α-hetero) is 1. The highest BCUT2D eigenvalue weighted by Gasteiger charge is 2.22. The predicted octanol–water partition coefficient (Wildman–Crippen LogP) is 4.02. The second-order valence-electron chi connectivity index (χ2n) is 7.71. The van der Waals surface area contributed by atoms with E-state index in [0.29, 0.717) is 40.3 Å². The minimum atomic E-state index is -0.495. The molecule has 9 heteroatoms. The van der Waals surface area contributed by atoms with Crippen LogP contribution in [0.2, 0.25) is 0 Å². The van der Waals surface area contributed by atoms with Gasteiger partial charge in [0, 0.05) is 21.9 Å². The monoisotopic (exact) mass is 472 g/mol. The summed E-state index contributed by atoms with van der Waals surface area (Å²) in [6, 6.07) is 6.61. The van der Waals surface area contributed by atoms with Crippen molar-refractivity contribution in [3.8, 4) is 0 Å². The molecule has 0 radical (unpaired) electrons. The van der Waals surface area contributed by atoms with E-state index in [1.165, 1.54) is 18.9 Å². The van der Waals surface area contributed by atoms with E-state index >= 15 is 0 Å². The van der Waals surface area contributed by atoms with Crippen molar-refractivity contribution in [1.29, 1.82) is 0 Å². The van der Waals surface area contributed by atoms with Crippen molar-refractivity contribution in [3.05, 3.63) is 55.5 Å². The molecule has 1 aliphatic heterocycles. The first-order chi connectivity index (χ1) is 15.4. The number of rotatable bonds is 7. The molecule has 0 unspecified atom stereocenters. The summed E-state index contributed by atoms with van der Waals surface area (Å²) in [5.41, 5.74) is 1.22. The minimum absolute atomic E-state index is 0.00169. The molecule has 1 aliphatic rings. The average molecular weight is 473 g/mol. The Morgan fingerprint density at radius 3 is 2.78 bits per heavy atom. The summed E-state index contributed by atoms with van der Waals surface area (Å²) in [6.07, 6.45) is 1.78. The van der Waals surface area contributed by atoms with Crippen molar-refractivity contribution in [2.45, 2.75) is 44.5 Å². The molecule has 1 aromatic carbocycles. The van der Waals surface area contributed by atoms with Gasteiger partial charge in [-0.15, -0.1) is 11.3 Å². The lowest BCUT2D eigenvalue weighted by Gasteiger charge is -2.16. The average Bonchev–Trinajstić information content (AvgIpc) is 3.42. The standard InChI is InChI=1S/C23H24N2O5S2/c1-13-9-18(14(2)32-13)20(26)12-31-23-24-19-10-15(22(28)29-3)6-7-17(19)21(27)25(23)11-16-5-4-8-30-16/h6-7,9-10,16H,4-5,8,11-12H2,1-3H3/t16-/m1/s1. The molecular weight excluding hydrogens is 448 g/mol. The van der Waals surface area contributed by atoms with Gasteiger partial charge < -0.3 is 9.47 Å². The lowest BCUT2D eigenvalue weighted by Crippen LogP contribution is -2.29. The van der Waals surface area contributed by atoms with Gasteiger partial charge in [0.25, 0.3) is 5.56 Å². The molecule has 1 atom stereocenters. The molecule has 2 aromatic heterocycles. The Balaban J connectivity index is 1.71. The summed E-state index contributed by atoms with van der Waals surface area (Å²) < 4.78 is 12.1. The van der Waals surface area contributed by atoms with E-state index in [9.17, 15) is 14.4 Å². The van der Waals surface area contributed by atoms with Crippen LogP contribution in [0, 0.1) is 13.8 Å². The number of aromatic nitrogens is 2. The summed E-state index contributed by atoms with van der Waals surface area (Å²) in [4.78, 5) is 44.8. The van der Waals surface area contributed by atoms with Gasteiger partial charge in [-0.25, -0.2) is 9.78 Å². The quantitative estimate of drug-likeness (QED) is 0.222. The number of aryl methyl sites for hydroxylation is 2. The number of methoxy groups -OCH3 is 1. The summed E-state index contributed by atoms with van der Waals surface area (Å²) in [5, 5.41) is 0.855. The first-order valence-electron chi connectivity index (χ1n) is 10.3. The number of hydrogen-bond donors (Lipinski definition) is 0. The SMILES string of the molecule is COC(=O)c1ccc2c(=O)n(C[C@H]3CCCO3)c(SCC(=O)c3cc(C)sc3C)nc2c1. The first-order valence-corrected chi connectivity index (χ1v) is 12.1. The van der Waals surface area contributed by atoms with Gasteiger partial charge in [0.1, 0.15) is 0 Å². The van der Waals surface area contributed by atoms with Crippen molar-refractivity contribution < 1.29 is 19.1 Å². The van der Waals surface area contributed by atoms with Gasteiger partial charge in [-0.1, -0.05) is 11.8 Å². The lowest BCUT2D eigenvalue weighted by atomic mass is 10.1. The van der Waals surface area contributed by atoms with E-state index in [0.717, 1.165) is 22.6 Å². The maximum absolute atomic E-state index is 13.3. The second kappa shape index (κ2) is 9.56. The molecule has 0 spiro atoms. The Labute approximate surface area is 193 Å². The van der Waals surface area contributed by atoms with Gasteiger partial charge >= 0.3 is 5.97 Å². The van der Waals surface area contributed by atoms with Crippen molar-refractivity contribution in [2.24, 2.45) is 0 Å². The fraction of sp³-hybridized carbons (Fsp3) is 0.391. The van der Waals surface area contributed by atoms with Crippen LogP contribution < -0.4 is 5.56 Å². The van der Waals surface area contributed by atoms with Crippen molar-refractivity contribution in [1.82, 2.24) is 9.55 Å². The van der Waals surface area contributed by atoms with Crippen LogP contribution in [0.4, 0.5) is 0 Å². The highest BCUT2D eigenvalue weighted by molar-refractivity contribution is 7.99. The zero-order chi connectivity index (χ0) is 22.8. The molecule has 32 heavy (non-hydrogen) atoms. The van der Waals surface area contributed by atoms with E-state index in [1.807, 2.05) is 19.9 Å². The third-order valence-electron chi connectivity index (χ3n) is 5.43. The highest BCUT2D eigenvalue weighted by atomic mass is 32.2. The number of hydrogen-bond acceptors (Lipinski definition) is 8. The highest BCUT2D eigenvalue weighted by Crippen LogP contribution is 2.26. The van der Waals surface area contributed by atoms with Crippen molar-refractivity contribution >= 4 is 45.8 Å². The topological polar surface area (TPSA) is 87.5 Å². The van der Waals surface area contributed by atoms with Gasteiger partial charge in [-0.3, -0.25) is 14.2 Å². The minimum Gasteiger partial charge on any atom is -0.465 e. The third-order valence-corrected chi connectivity index (χ3v) is 7.37. The van der Waals surface area contributed by atoms with Crippen LogP contribution in [0.25, 0.3) is 10.9 Å². The van der Waals surface area contributed by atoms with Crippen molar-refractivity contribution in [2.75, 3.05) is 19.5 Å². The van der Waals surface area contributed by atoms with Crippen molar-refractivity contribution in [3.63, 3.8) is 0 Å². The number of benzene rings is 1. The zero-order valence-electron chi connectivity index (χ0n) is 18.2.